The van der Waals surface area contributed by atoms with Gasteiger partial charge in [-0.3, -0.25) is 4.79 Å². The Labute approximate surface area is 151 Å². The molecule has 4 rings (SSSR count). The number of anilines is 1. The van der Waals surface area contributed by atoms with E-state index >= 15 is 0 Å². The number of hydrogen-bond acceptors (Lipinski definition) is 6. The van der Waals surface area contributed by atoms with E-state index in [0.29, 0.717) is 23.5 Å². The number of phenolic OH excluding ortho intramolecular Hbond substituents is 2. The number of hydrogen-bond donors (Lipinski definition) is 3. The summed E-state index contributed by atoms with van der Waals surface area (Å²) in [5, 5.41) is 20.9. The number of carbonyl (C=O) groups excluding carboxylic acids is 1. The first kappa shape index (κ1) is 18.2. The molecule has 0 bridgehead atoms. The second kappa shape index (κ2) is 8.66. The standard InChI is InChI=1S/C13H11NO3.C6H10O3/c15-11-5-1-9(2-6-11)13(17)14-10-3-7-12(16)8-4-10;1(5-3-8-5)7-2-6-4-9-6/h1-8,15-16H,(H,14,17);5-6H,1-4H2. The molecule has 0 spiro atoms. The Morgan fingerprint density at radius 3 is 1.85 bits per heavy atom. The molecule has 2 saturated heterocycles. The van der Waals surface area contributed by atoms with Gasteiger partial charge in [-0.05, 0) is 48.5 Å². The summed E-state index contributed by atoms with van der Waals surface area (Å²) < 4.78 is 15.1. The molecule has 2 aromatic carbocycles. The molecule has 2 atom stereocenters. The molecule has 2 fully saturated rings. The number of carbonyl (C=O) groups is 1. The van der Waals surface area contributed by atoms with E-state index in [-0.39, 0.29) is 17.4 Å². The van der Waals surface area contributed by atoms with Crippen molar-refractivity contribution in [3.8, 4) is 11.5 Å². The van der Waals surface area contributed by atoms with E-state index in [1.165, 1.54) is 36.4 Å². The van der Waals surface area contributed by atoms with E-state index in [2.05, 4.69) is 5.32 Å². The summed E-state index contributed by atoms with van der Waals surface area (Å²) in [6.45, 7) is 3.26. The van der Waals surface area contributed by atoms with Gasteiger partial charge in [0.2, 0.25) is 0 Å². The fourth-order valence-electron chi connectivity index (χ4n) is 2.02. The Hall–Kier alpha value is -2.61. The molecule has 138 valence electrons. The highest BCUT2D eigenvalue weighted by molar-refractivity contribution is 6.04. The first-order chi connectivity index (χ1) is 12.6. The van der Waals surface area contributed by atoms with Gasteiger partial charge in [0.05, 0.1) is 26.4 Å². The Balaban J connectivity index is 0.000000181. The minimum atomic E-state index is -0.268. The van der Waals surface area contributed by atoms with E-state index in [4.69, 9.17) is 24.4 Å². The van der Waals surface area contributed by atoms with Crippen molar-refractivity contribution in [3.63, 3.8) is 0 Å². The highest BCUT2D eigenvalue weighted by atomic mass is 16.6. The zero-order valence-electron chi connectivity index (χ0n) is 14.1. The maximum Gasteiger partial charge on any atom is 0.255 e. The molecule has 0 saturated carbocycles. The molecular formula is C19H21NO6. The van der Waals surface area contributed by atoms with Crippen molar-refractivity contribution in [2.75, 3.05) is 31.7 Å². The number of ether oxygens (including phenoxy) is 3. The molecule has 1 amide bonds. The second-order valence-corrected chi connectivity index (χ2v) is 6.00. The third kappa shape index (κ3) is 6.36. The normalized spacial score (nSPS) is 19.8. The molecule has 26 heavy (non-hydrogen) atoms. The molecule has 2 heterocycles. The van der Waals surface area contributed by atoms with Crippen LogP contribution >= 0.6 is 0 Å². The monoisotopic (exact) mass is 359 g/mol. The number of benzene rings is 2. The van der Waals surface area contributed by atoms with Gasteiger partial charge in [-0.2, -0.15) is 0 Å². The summed E-state index contributed by atoms with van der Waals surface area (Å²) in [7, 11) is 0. The summed E-state index contributed by atoms with van der Waals surface area (Å²) in [5.41, 5.74) is 1.05. The summed E-state index contributed by atoms with van der Waals surface area (Å²) in [6, 6.07) is 12.2. The van der Waals surface area contributed by atoms with E-state index < -0.39 is 0 Å². The van der Waals surface area contributed by atoms with Crippen LogP contribution in [0.25, 0.3) is 0 Å². The molecule has 2 aliphatic rings. The number of epoxide rings is 2. The van der Waals surface area contributed by atoms with Gasteiger partial charge < -0.3 is 29.7 Å². The van der Waals surface area contributed by atoms with Crippen molar-refractivity contribution >= 4 is 11.6 Å². The fourth-order valence-corrected chi connectivity index (χ4v) is 2.02. The topological polar surface area (TPSA) is 104 Å². The first-order valence-corrected chi connectivity index (χ1v) is 8.30. The Bertz CT molecular complexity index is 696. The molecule has 7 nitrogen and oxygen atoms in total. The summed E-state index contributed by atoms with van der Waals surface area (Å²) in [6.07, 6.45) is 0.785. The van der Waals surface area contributed by atoms with Gasteiger partial charge in [0.1, 0.15) is 23.7 Å². The van der Waals surface area contributed by atoms with Crippen molar-refractivity contribution in [1.82, 2.24) is 0 Å². The molecule has 0 aromatic heterocycles. The van der Waals surface area contributed by atoms with Crippen molar-refractivity contribution in [1.29, 1.82) is 0 Å². The number of aromatic hydroxyl groups is 2. The SMILES string of the molecule is C(OCC1CO1)C1CO1.O=C(Nc1ccc(O)cc1)c1ccc(O)cc1. The highest BCUT2D eigenvalue weighted by Crippen LogP contribution is 2.16. The maximum atomic E-state index is 11.8. The van der Waals surface area contributed by atoms with Crippen LogP contribution in [-0.4, -0.2) is 54.8 Å². The van der Waals surface area contributed by atoms with Crippen LogP contribution in [0.2, 0.25) is 0 Å². The summed E-state index contributed by atoms with van der Waals surface area (Å²) in [4.78, 5) is 11.8. The molecule has 7 heteroatoms. The lowest BCUT2D eigenvalue weighted by Gasteiger charge is -2.05. The molecule has 3 N–H and O–H groups in total. The van der Waals surface area contributed by atoms with Gasteiger partial charge in [0.25, 0.3) is 5.91 Å². The Morgan fingerprint density at radius 2 is 1.38 bits per heavy atom. The van der Waals surface area contributed by atoms with Gasteiger partial charge in [-0.1, -0.05) is 0 Å². The van der Waals surface area contributed by atoms with Crippen LogP contribution in [0.15, 0.2) is 48.5 Å². The smallest absolute Gasteiger partial charge is 0.255 e. The average Bonchev–Trinajstić information content (AvgIpc) is 3.54. The van der Waals surface area contributed by atoms with Crippen LogP contribution in [0.1, 0.15) is 10.4 Å². The Kier molecular flexibility index (Phi) is 6.06. The number of rotatable bonds is 6. The lowest BCUT2D eigenvalue weighted by atomic mass is 10.2. The zero-order valence-corrected chi connectivity index (χ0v) is 14.1. The Morgan fingerprint density at radius 1 is 0.923 bits per heavy atom. The maximum absolute atomic E-state index is 11.8. The number of phenols is 2. The van der Waals surface area contributed by atoms with Crippen molar-refractivity contribution < 1.29 is 29.2 Å². The van der Waals surface area contributed by atoms with Crippen molar-refractivity contribution in [3.05, 3.63) is 54.1 Å². The van der Waals surface area contributed by atoms with Gasteiger partial charge in [0.15, 0.2) is 0 Å². The first-order valence-electron chi connectivity index (χ1n) is 8.30. The van der Waals surface area contributed by atoms with Crippen LogP contribution in [0.3, 0.4) is 0 Å². The highest BCUT2D eigenvalue weighted by Gasteiger charge is 2.26. The van der Waals surface area contributed by atoms with Gasteiger partial charge >= 0.3 is 0 Å². The number of nitrogens with one attached hydrogen (secondary N) is 1. The molecule has 0 aliphatic carbocycles. The molecule has 2 aliphatic heterocycles. The van der Waals surface area contributed by atoms with Crippen molar-refractivity contribution in [2.45, 2.75) is 12.2 Å². The largest absolute Gasteiger partial charge is 0.508 e. The summed E-state index contributed by atoms with van der Waals surface area (Å²) >= 11 is 0. The fraction of sp³-hybridized carbons (Fsp3) is 0.316. The van der Waals surface area contributed by atoms with E-state index in [1.807, 2.05) is 0 Å². The molecule has 0 radical (unpaired) electrons. The predicted molar refractivity (Wildman–Crippen MR) is 94.5 cm³/mol. The van der Waals surface area contributed by atoms with Gasteiger partial charge in [0, 0.05) is 11.3 Å². The molecule has 2 unspecified atom stereocenters. The second-order valence-electron chi connectivity index (χ2n) is 6.00. The van der Waals surface area contributed by atoms with Crippen LogP contribution in [0, 0.1) is 0 Å². The van der Waals surface area contributed by atoms with Crippen LogP contribution in [-0.2, 0) is 14.2 Å². The third-order valence-corrected chi connectivity index (χ3v) is 3.67. The lowest BCUT2D eigenvalue weighted by molar-refractivity contribution is 0.102. The van der Waals surface area contributed by atoms with Crippen LogP contribution in [0.4, 0.5) is 5.69 Å². The van der Waals surface area contributed by atoms with Gasteiger partial charge in [-0.25, -0.2) is 0 Å². The van der Waals surface area contributed by atoms with E-state index in [1.54, 1.807) is 12.1 Å². The minimum Gasteiger partial charge on any atom is -0.508 e. The van der Waals surface area contributed by atoms with Crippen LogP contribution < -0.4 is 5.32 Å². The minimum absolute atomic E-state index is 0.117. The predicted octanol–water partition coefficient (Wildman–Crippen LogP) is 2.15. The third-order valence-electron chi connectivity index (χ3n) is 3.67. The van der Waals surface area contributed by atoms with E-state index in [0.717, 1.165) is 26.4 Å². The summed E-state index contributed by atoms with van der Waals surface area (Å²) in [5.74, 6) is -0.00509. The van der Waals surface area contributed by atoms with E-state index in [9.17, 15) is 4.79 Å². The number of amides is 1. The molecular weight excluding hydrogens is 338 g/mol. The van der Waals surface area contributed by atoms with Crippen molar-refractivity contribution in [2.24, 2.45) is 0 Å². The quantitative estimate of drug-likeness (QED) is 0.539. The van der Waals surface area contributed by atoms with Gasteiger partial charge in [-0.15, -0.1) is 0 Å². The zero-order chi connectivity index (χ0) is 18.4. The van der Waals surface area contributed by atoms with Crippen LogP contribution in [0.5, 0.6) is 11.5 Å². The lowest BCUT2D eigenvalue weighted by Crippen LogP contribution is -2.11. The molecule has 2 aromatic rings. The average molecular weight is 359 g/mol.